The lowest BCUT2D eigenvalue weighted by Crippen LogP contribution is -1.98. The zero-order chi connectivity index (χ0) is 21.8. The number of aryl methyl sites for hydroxylation is 5. The maximum atomic E-state index is 6.15. The molecule has 158 valence electrons. The second kappa shape index (κ2) is 9.38. The number of hydrogen-bond donors (Lipinski definition) is 2. The average Bonchev–Trinajstić information content (AvgIpc) is 2.71. The summed E-state index contributed by atoms with van der Waals surface area (Å²) >= 11 is 0. The van der Waals surface area contributed by atoms with E-state index in [1.165, 1.54) is 64.6 Å². The van der Waals surface area contributed by atoms with E-state index >= 15 is 0 Å². The quantitative estimate of drug-likeness (QED) is 0.318. The van der Waals surface area contributed by atoms with E-state index < -0.39 is 0 Å². The van der Waals surface area contributed by atoms with Gasteiger partial charge in [-0.25, -0.2) is 0 Å². The van der Waals surface area contributed by atoms with Crippen LogP contribution in [0.4, 0.5) is 11.4 Å². The molecule has 3 aromatic rings. The van der Waals surface area contributed by atoms with Crippen molar-refractivity contribution in [1.82, 2.24) is 0 Å². The summed E-state index contributed by atoms with van der Waals surface area (Å²) in [5.74, 6) is 0. The van der Waals surface area contributed by atoms with Gasteiger partial charge >= 0.3 is 0 Å². The Morgan fingerprint density at radius 1 is 0.600 bits per heavy atom. The number of benzene rings is 3. The minimum atomic E-state index is 0.862. The molecule has 4 N–H and O–H groups in total. The molecule has 0 aliphatic rings. The fraction of sp³-hybridized carbons (Fsp3) is 0.357. The first kappa shape index (κ1) is 22.0. The van der Waals surface area contributed by atoms with Crippen molar-refractivity contribution in [2.24, 2.45) is 0 Å². The Bertz CT molecular complexity index is 1050. The monoisotopic (exact) mass is 400 g/mol. The lowest BCUT2D eigenvalue weighted by atomic mass is 9.88. The number of unbranched alkanes of at least 4 members (excludes halogenated alkanes) is 3. The molecule has 3 rings (SSSR count). The van der Waals surface area contributed by atoms with Crippen molar-refractivity contribution < 1.29 is 0 Å². The highest BCUT2D eigenvalue weighted by Gasteiger charge is 2.13. The van der Waals surface area contributed by atoms with Crippen LogP contribution in [-0.2, 0) is 6.42 Å². The summed E-state index contributed by atoms with van der Waals surface area (Å²) in [6.45, 7) is 10.7. The molecular weight excluding hydrogens is 364 g/mol. The van der Waals surface area contributed by atoms with E-state index in [4.69, 9.17) is 11.5 Å². The van der Waals surface area contributed by atoms with E-state index in [0.717, 1.165) is 28.9 Å². The molecule has 0 radical (unpaired) electrons. The zero-order valence-electron chi connectivity index (χ0n) is 19.2. The average molecular weight is 401 g/mol. The molecule has 0 aliphatic carbocycles. The first-order chi connectivity index (χ1) is 14.3. The predicted octanol–water partition coefficient (Wildman–Crippen LogP) is 7.54. The summed E-state index contributed by atoms with van der Waals surface area (Å²) in [7, 11) is 0. The van der Waals surface area contributed by atoms with Crippen molar-refractivity contribution >= 4 is 11.4 Å². The molecule has 0 bridgehead atoms. The normalized spacial score (nSPS) is 11.1. The molecule has 0 atom stereocenters. The summed E-state index contributed by atoms with van der Waals surface area (Å²) < 4.78 is 0. The Morgan fingerprint density at radius 3 is 1.83 bits per heavy atom. The number of anilines is 2. The van der Waals surface area contributed by atoms with Crippen molar-refractivity contribution in [3.63, 3.8) is 0 Å². The lowest BCUT2D eigenvalue weighted by molar-refractivity contribution is 0.667. The topological polar surface area (TPSA) is 52.0 Å². The predicted molar refractivity (Wildman–Crippen MR) is 133 cm³/mol. The highest BCUT2D eigenvalue weighted by molar-refractivity contribution is 5.79. The van der Waals surface area contributed by atoms with E-state index in [-0.39, 0.29) is 0 Å². The van der Waals surface area contributed by atoms with Gasteiger partial charge < -0.3 is 11.5 Å². The van der Waals surface area contributed by atoms with Crippen LogP contribution in [0.5, 0.6) is 0 Å². The van der Waals surface area contributed by atoms with E-state index in [9.17, 15) is 0 Å². The molecule has 0 spiro atoms. The molecule has 0 saturated carbocycles. The van der Waals surface area contributed by atoms with Gasteiger partial charge in [0, 0.05) is 11.4 Å². The SMILES string of the molecule is CCCCCCc1cc(-c2cc(C)c(N)cc2C)ccc1-c1cc(C)c(N)cc1C. The smallest absolute Gasteiger partial charge is 0.0346 e. The zero-order valence-corrected chi connectivity index (χ0v) is 19.2. The van der Waals surface area contributed by atoms with Crippen molar-refractivity contribution in [1.29, 1.82) is 0 Å². The summed E-state index contributed by atoms with van der Waals surface area (Å²) in [6.07, 6.45) is 6.15. The van der Waals surface area contributed by atoms with Crippen LogP contribution >= 0.6 is 0 Å². The molecule has 0 aromatic heterocycles. The van der Waals surface area contributed by atoms with E-state index in [2.05, 4.69) is 77.1 Å². The third-order valence-electron chi connectivity index (χ3n) is 6.23. The van der Waals surface area contributed by atoms with Gasteiger partial charge in [-0.15, -0.1) is 0 Å². The Balaban J connectivity index is 2.10. The van der Waals surface area contributed by atoms with Crippen LogP contribution in [0.15, 0.2) is 42.5 Å². The Kier molecular flexibility index (Phi) is 6.87. The first-order valence-electron chi connectivity index (χ1n) is 11.2. The van der Waals surface area contributed by atoms with Crippen LogP contribution in [0.2, 0.25) is 0 Å². The van der Waals surface area contributed by atoms with Gasteiger partial charge in [0.15, 0.2) is 0 Å². The standard InChI is InChI=1S/C28H36N2/c1-6-7-8-9-10-22-17-23(25-13-20(4)27(29)15-18(25)2)11-12-24(22)26-14-21(5)28(30)16-19(26)3/h11-17H,6-10,29-30H2,1-5H3. The molecule has 0 unspecified atom stereocenters. The molecule has 30 heavy (non-hydrogen) atoms. The van der Waals surface area contributed by atoms with E-state index in [0.29, 0.717) is 0 Å². The number of nitrogens with two attached hydrogens (primary N) is 2. The first-order valence-corrected chi connectivity index (χ1v) is 11.2. The Morgan fingerprint density at radius 2 is 1.20 bits per heavy atom. The third kappa shape index (κ3) is 4.70. The summed E-state index contributed by atoms with van der Waals surface area (Å²) in [4.78, 5) is 0. The fourth-order valence-corrected chi connectivity index (χ4v) is 4.25. The Labute approximate surface area is 182 Å². The van der Waals surface area contributed by atoms with Gasteiger partial charge in [-0.3, -0.25) is 0 Å². The largest absolute Gasteiger partial charge is 0.399 e. The van der Waals surface area contributed by atoms with E-state index in [1.807, 2.05) is 0 Å². The van der Waals surface area contributed by atoms with Crippen molar-refractivity contribution in [3.8, 4) is 22.3 Å². The lowest BCUT2D eigenvalue weighted by Gasteiger charge is -2.17. The van der Waals surface area contributed by atoms with Crippen LogP contribution in [0, 0.1) is 27.7 Å². The van der Waals surface area contributed by atoms with Crippen molar-refractivity contribution in [2.75, 3.05) is 11.5 Å². The molecule has 0 saturated heterocycles. The van der Waals surface area contributed by atoms with E-state index in [1.54, 1.807) is 0 Å². The van der Waals surface area contributed by atoms with Gasteiger partial charge in [0.05, 0.1) is 0 Å². The molecule has 0 fully saturated rings. The molecule has 2 nitrogen and oxygen atoms in total. The number of nitrogen functional groups attached to an aromatic ring is 2. The van der Waals surface area contributed by atoms with Gasteiger partial charge in [0.25, 0.3) is 0 Å². The maximum Gasteiger partial charge on any atom is 0.0346 e. The van der Waals surface area contributed by atoms with Crippen LogP contribution < -0.4 is 11.5 Å². The molecule has 0 amide bonds. The van der Waals surface area contributed by atoms with Gasteiger partial charge in [-0.2, -0.15) is 0 Å². The molecule has 3 aromatic carbocycles. The van der Waals surface area contributed by atoms with Crippen molar-refractivity contribution in [3.05, 3.63) is 70.3 Å². The summed E-state index contributed by atoms with van der Waals surface area (Å²) in [6, 6.07) is 15.6. The fourth-order valence-electron chi connectivity index (χ4n) is 4.25. The van der Waals surface area contributed by atoms with Gasteiger partial charge in [-0.1, -0.05) is 44.4 Å². The van der Waals surface area contributed by atoms with Gasteiger partial charge in [0.2, 0.25) is 0 Å². The molecule has 2 heteroatoms. The van der Waals surface area contributed by atoms with Crippen LogP contribution in [-0.4, -0.2) is 0 Å². The van der Waals surface area contributed by atoms with Crippen LogP contribution in [0.3, 0.4) is 0 Å². The number of hydrogen-bond acceptors (Lipinski definition) is 2. The summed E-state index contributed by atoms with van der Waals surface area (Å²) in [5, 5.41) is 0. The minimum absolute atomic E-state index is 0.862. The summed E-state index contributed by atoms with van der Waals surface area (Å²) in [5.41, 5.74) is 25.3. The van der Waals surface area contributed by atoms with Crippen LogP contribution in [0.1, 0.15) is 60.4 Å². The second-order valence-corrected chi connectivity index (χ2v) is 8.73. The third-order valence-corrected chi connectivity index (χ3v) is 6.23. The maximum absolute atomic E-state index is 6.15. The Hall–Kier alpha value is -2.74. The highest BCUT2D eigenvalue weighted by atomic mass is 14.6. The number of rotatable bonds is 7. The molecule has 0 heterocycles. The van der Waals surface area contributed by atoms with Crippen LogP contribution in [0.25, 0.3) is 22.3 Å². The highest BCUT2D eigenvalue weighted by Crippen LogP contribution is 2.35. The van der Waals surface area contributed by atoms with Crippen molar-refractivity contribution in [2.45, 2.75) is 66.7 Å². The minimum Gasteiger partial charge on any atom is -0.399 e. The second-order valence-electron chi connectivity index (χ2n) is 8.73. The van der Waals surface area contributed by atoms with Gasteiger partial charge in [-0.05, 0) is 115 Å². The molecular formula is C28H36N2. The molecule has 0 aliphatic heterocycles. The van der Waals surface area contributed by atoms with Gasteiger partial charge in [0.1, 0.15) is 0 Å².